The maximum Gasteiger partial charge on any atom is 0.255 e. The minimum absolute atomic E-state index is 0.218. The van der Waals surface area contributed by atoms with Crippen LogP contribution in [-0.2, 0) is 19.9 Å². The second kappa shape index (κ2) is 8.92. The van der Waals surface area contributed by atoms with Crippen LogP contribution in [0.5, 0.6) is 11.5 Å². The summed E-state index contributed by atoms with van der Waals surface area (Å²) in [5, 5.41) is 2.92. The van der Waals surface area contributed by atoms with Gasteiger partial charge in [0.25, 0.3) is 5.91 Å². The third-order valence-electron chi connectivity index (χ3n) is 5.34. The van der Waals surface area contributed by atoms with Crippen molar-refractivity contribution >= 4 is 22.6 Å². The molecule has 0 bridgehead atoms. The highest BCUT2D eigenvalue weighted by Gasteiger charge is 2.11. The van der Waals surface area contributed by atoms with Gasteiger partial charge in [-0.2, -0.15) is 0 Å². The van der Waals surface area contributed by atoms with Crippen LogP contribution in [0.1, 0.15) is 21.7 Å². The molecule has 0 aliphatic heterocycles. The van der Waals surface area contributed by atoms with Gasteiger partial charge < -0.3 is 19.4 Å². The molecule has 31 heavy (non-hydrogen) atoms. The molecule has 0 saturated heterocycles. The molecule has 1 amide bonds. The molecule has 0 atom stereocenters. The molecular formula is C25H25N3O3. The Morgan fingerprint density at radius 3 is 2.26 bits per heavy atom. The fourth-order valence-electron chi connectivity index (χ4n) is 3.57. The average molecular weight is 415 g/mol. The number of rotatable bonds is 7. The van der Waals surface area contributed by atoms with E-state index in [1.54, 1.807) is 32.4 Å². The standard InChI is InChI=1S/C25H25N3O3/c1-28-23-7-5-4-6-22(23)27-24(28)13-10-17-8-11-19(12-9-17)26-25(29)18-14-20(30-2)16-21(15-18)31-3/h4-9,11-12,14-16H,10,13H2,1-3H3,(H,26,29). The Morgan fingerprint density at radius 2 is 1.61 bits per heavy atom. The van der Waals surface area contributed by atoms with Gasteiger partial charge in [-0.25, -0.2) is 4.98 Å². The van der Waals surface area contributed by atoms with Crippen molar-refractivity contribution in [1.82, 2.24) is 9.55 Å². The van der Waals surface area contributed by atoms with E-state index in [4.69, 9.17) is 14.5 Å². The van der Waals surface area contributed by atoms with Gasteiger partial charge >= 0.3 is 0 Å². The molecule has 6 heteroatoms. The second-order valence-corrected chi connectivity index (χ2v) is 7.33. The first-order valence-electron chi connectivity index (χ1n) is 10.1. The van der Waals surface area contributed by atoms with Gasteiger partial charge in [0.2, 0.25) is 0 Å². The van der Waals surface area contributed by atoms with E-state index in [0.717, 1.165) is 35.4 Å². The van der Waals surface area contributed by atoms with E-state index in [1.807, 2.05) is 42.5 Å². The molecule has 6 nitrogen and oxygen atoms in total. The van der Waals surface area contributed by atoms with Gasteiger partial charge in [-0.3, -0.25) is 4.79 Å². The molecule has 0 saturated carbocycles. The van der Waals surface area contributed by atoms with E-state index in [-0.39, 0.29) is 5.91 Å². The van der Waals surface area contributed by atoms with Crippen molar-refractivity contribution in [2.75, 3.05) is 19.5 Å². The molecule has 158 valence electrons. The molecule has 0 spiro atoms. The van der Waals surface area contributed by atoms with Crippen molar-refractivity contribution in [3.8, 4) is 11.5 Å². The molecule has 0 aliphatic rings. The largest absolute Gasteiger partial charge is 0.497 e. The lowest BCUT2D eigenvalue weighted by Crippen LogP contribution is -2.12. The number of hydrogen-bond acceptors (Lipinski definition) is 4. The van der Waals surface area contributed by atoms with Crippen LogP contribution in [0.2, 0.25) is 0 Å². The number of ether oxygens (including phenoxy) is 2. The fourth-order valence-corrected chi connectivity index (χ4v) is 3.57. The maximum absolute atomic E-state index is 12.6. The Kier molecular flexibility index (Phi) is 5.89. The summed E-state index contributed by atoms with van der Waals surface area (Å²) in [5.41, 5.74) is 4.56. The van der Waals surface area contributed by atoms with Crippen molar-refractivity contribution in [2.45, 2.75) is 12.8 Å². The number of nitrogens with one attached hydrogen (secondary N) is 1. The Hall–Kier alpha value is -3.80. The van der Waals surface area contributed by atoms with Gasteiger partial charge in [0, 0.05) is 30.8 Å². The van der Waals surface area contributed by atoms with E-state index in [2.05, 4.69) is 23.0 Å². The molecule has 4 aromatic rings. The fraction of sp³-hybridized carbons (Fsp3) is 0.200. The van der Waals surface area contributed by atoms with Crippen molar-refractivity contribution in [3.05, 3.63) is 83.7 Å². The number of nitrogens with zero attached hydrogens (tertiary/aromatic N) is 2. The lowest BCUT2D eigenvalue weighted by Gasteiger charge is -2.10. The zero-order chi connectivity index (χ0) is 21.8. The first-order chi connectivity index (χ1) is 15.1. The number of imidazole rings is 1. The summed E-state index contributed by atoms with van der Waals surface area (Å²) in [6.45, 7) is 0. The molecule has 0 radical (unpaired) electrons. The number of carbonyl (C=O) groups is 1. The van der Waals surface area contributed by atoms with Crippen LogP contribution in [0.25, 0.3) is 11.0 Å². The van der Waals surface area contributed by atoms with Crippen molar-refractivity contribution in [2.24, 2.45) is 7.05 Å². The number of aromatic nitrogens is 2. The van der Waals surface area contributed by atoms with Crippen LogP contribution in [-0.4, -0.2) is 29.7 Å². The van der Waals surface area contributed by atoms with Gasteiger partial charge in [0.1, 0.15) is 17.3 Å². The third-order valence-corrected chi connectivity index (χ3v) is 5.34. The van der Waals surface area contributed by atoms with E-state index in [0.29, 0.717) is 17.1 Å². The van der Waals surface area contributed by atoms with Gasteiger partial charge in [-0.05, 0) is 48.4 Å². The van der Waals surface area contributed by atoms with Crippen LogP contribution < -0.4 is 14.8 Å². The summed E-state index contributed by atoms with van der Waals surface area (Å²) in [7, 11) is 5.17. The summed E-state index contributed by atoms with van der Waals surface area (Å²) < 4.78 is 12.6. The molecule has 0 aliphatic carbocycles. The Balaban J connectivity index is 1.41. The smallest absolute Gasteiger partial charge is 0.255 e. The summed E-state index contributed by atoms with van der Waals surface area (Å²) in [5.74, 6) is 1.98. The lowest BCUT2D eigenvalue weighted by molar-refractivity contribution is 0.102. The van der Waals surface area contributed by atoms with Crippen molar-refractivity contribution < 1.29 is 14.3 Å². The predicted molar refractivity (Wildman–Crippen MR) is 122 cm³/mol. The molecule has 0 unspecified atom stereocenters. The molecule has 3 aromatic carbocycles. The summed E-state index contributed by atoms with van der Waals surface area (Å²) in [6.07, 6.45) is 1.72. The number of para-hydroxylation sites is 2. The first kappa shape index (κ1) is 20.5. The van der Waals surface area contributed by atoms with Crippen LogP contribution in [0, 0.1) is 0 Å². The number of aryl methyl sites for hydroxylation is 3. The number of carbonyl (C=O) groups excluding carboxylic acids is 1. The number of fused-ring (bicyclic) bond motifs is 1. The van der Waals surface area contributed by atoms with Gasteiger partial charge in [-0.15, -0.1) is 0 Å². The van der Waals surface area contributed by atoms with E-state index < -0.39 is 0 Å². The Labute approximate surface area is 181 Å². The molecular weight excluding hydrogens is 390 g/mol. The monoisotopic (exact) mass is 415 g/mol. The summed E-state index contributed by atoms with van der Waals surface area (Å²) >= 11 is 0. The zero-order valence-electron chi connectivity index (χ0n) is 17.9. The number of amides is 1. The van der Waals surface area contributed by atoms with Gasteiger partial charge in [0.15, 0.2) is 0 Å². The minimum atomic E-state index is -0.218. The minimum Gasteiger partial charge on any atom is -0.497 e. The van der Waals surface area contributed by atoms with Crippen molar-refractivity contribution in [1.29, 1.82) is 0 Å². The van der Waals surface area contributed by atoms with Crippen LogP contribution in [0.3, 0.4) is 0 Å². The first-order valence-corrected chi connectivity index (χ1v) is 10.1. The van der Waals surface area contributed by atoms with E-state index in [9.17, 15) is 4.79 Å². The average Bonchev–Trinajstić information content (AvgIpc) is 3.13. The van der Waals surface area contributed by atoms with Crippen LogP contribution in [0.4, 0.5) is 5.69 Å². The maximum atomic E-state index is 12.6. The number of hydrogen-bond donors (Lipinski definition) is 1. The van der Waals surface area contributed by atoms with Crippen LogP contribution in [0.15, 0.2) is 66.7 Å². The lowest BCUT2D eigenvalue weighted by atomic mass is 10.1. The molecule has 4 rings (SSSR count). The number of methoxy groups -OCH3 is 2. The second-order valence-electron chi connectivity index (χ2n) is 7.33. The van der Waals surface area contributed by atoms with Crippen LogP contribution >= 0.6 is 0 Å². The number of benzene rings is 3. The topological polar surface area (TPSA) is 65.4 Å². The predicted octanol–water partition coefficient (Wildman–Crippen LogP) is 4.63. The molecule has 1 heterocycles. The third kappa shape index (κ3) is 4.53. The Bertz CT molecular complexity index is 1190. The highest BCUT2D eigenvalue weighted by atomic mass is 16.5. The molecule has 1 aromatic heterocycles. The normalized spacial score (nSPS) is 10.8. The summed E-state index contributed by atoms with van der Waals surface area (Å²) in [4.78, 5) is 17.4. The van der Waals surface area contributed by atoms with Gasteiger partial charge in [0.05, 0.1) is 25.3 Å². The number of anilines is 1. The SMILES string of the molecule is COc1cc(OC)cc(C(=O)Nc2ccc(CCc3nc4ccccc4n3C)cc2)c1. The zero-order valence-corrected chi connectivity index (χ0v) is 17.9. The highest BCUT2D eigenvalue weighted by molar-refractivity contribution is 6.04. The summed E-state index contributed by atoms with van der Waals surface area (Å²) in [6, 6.07) is 21.2. The van der Waals surface area contributed by atoms with Gasteiger partial charge in [-0.1, -0.05) is 24.3 Å². The van der Waals surface area contributed by atoms with E-state index >= 15 is 0 Å². The van der Waals surface area contributed by atoms with Crippen molar-refractivity contribution in [3.63, 3.8) is 0 Å². The van der Waals surface area contributed by atoms with E-state index in [1.165, 1.54) is 5.56 Å². The highest BCUT2D eigenvalue weighted by Crippen LogP contribution is 2.23. The quantitative estimate of drug-likeness (QED) is 0.478. The Morgan fingerprint density at radius 1 is 0.935 bits per heavy atom. The molecule has 1 N–H and O–H groups in total. The molecule has 0 fully saturated rings.